The van der Waals surface area contributed by atoms with Gasteiger partial charge in [0.05, 0.1) is 4.90 Å². The molecule has 3 N–H and O–H groups in total. The molecule has 2 aromatic rings. The molecule has 0 saturated carbocycles. The van der Waals surface area contributed by atoms with E-state index in [-0.39, 0.29) is 22.9 Å². The van der Waals surface area contributed by atoms with Crippen LogP contribution in [0, 0.1) is 0 Å². The SMILES string of the molecule is CC1(C)CC(CNS(=O)(=O)c2ccc(Cl)cc2)c2ccc(C(O)C(=O)O)cc2O1. The molecule has 2 atom stereocenters. The van der Waals surface area contributed by atoms with Crippen molar-refractivity contribution in [2.75, 3.05) is 6.54 Å². The topological polar surface area (TPSA) is 113 Å². The number of aliphatic carboxylic acids is 1. The quantitative estimate of drug-likeness (QED) is 0.637. The number of benzene rings is 2. The molecular formula is C20H22ClNO6S. The minimum atomic E-state index is -3.72. The maximum atomic E-state index is 12.6. The first-order valence-corrected chi connectivity index (χ1v) is 10.8. The Morgan fingerprint density at radius 2 is 1.93 bits per heavy atom. The van der Waals surface area contributed by atoms with Gasteiger partial charge in [0.15, 0.2) is 6.10 Å². The number of sulfonamides is 1. The highest BCUT2D eigenvalue weighted by molar-refractivity contribution is 7.89. The molecule has 9 heteroatoms. The molecule has 1 heterocycles. The first-order chi connectivity index (χ1) is 13.5. The Hall–Kier alpha value is -2.13. The third kappa shape index (κ3) is 4.90. The van der Waals surface area contributed by atoms with Gasteiger partial charge in [0, 0.05) is 17.5 Å². The summed E-state index contributed by atoms with van der Waals surface area (Å²) in [6.07, 6.45) is -1.10. The van der Waals surface area contributed by atoms with Crippen molar-refractivity contribution in [1.29, 1.82) is 0 Å². The highest BCUT2D eigenvalue weighted by Gasteiger charge is 2.35. The van der Waals surface area contributed by atoms with Gasteiger partial charge in [0.25, 0.3) is 0 Å². The Bertz CT molecular complexity index is 1020. The Kier molecular flexibility index (Phi) is 5.91. The highest BCUT2D eigenvalue weighted by Crippen LogP contribution is 2.41. The van der Waals surface area contributed by atoms with E-state index in [1.165, 1.54) is 36.4 Å². The molecule has 2 unspecified atom stereocenters. The number of fused-ring (bicyclic) bond motifs is 1. The van der Waals surface area contributed by atoms with E-state index >= 15 is 0 Å². The van der Waals surface area contributed by atoms with Crippen LogP contribution in [0.2, 0.25) is 5.02 Å². The molecule has 0 saturated heterocycles. The van der Waals surface area contributed by atoms with Crippen molar-refractivity contribution in [3.05, 3.63) is 58.6 Å². The summed E-state index contributed by atoms with van der Waals surface area (Å²) in [6, 6.07) is 10.6. The second-order valence-electron chi connectivity index (χ2n) is 7.61. The van der Waals surface area contributed by atoms with Crippen molar-refractivity contribution in [2.24, 2.45) is 0 Å². The normalized spacial score (nSPS) is 19.1. The molecule has 3 rings (SSSR count). The lowest BCUT2D eigenvalue weighted by Gasteiger charge is -2.38. The minimum absolute atomic E-state index is 0.119. The lowest BCUT2D eigenvalue weighted by atomic mass is 9.84. The van der Waals surface area contributed by atoms with Gasteiger partial charge >= 0.3 is 5.97 Å². The molecule has 0 radical (unpaired) electrons. The van der Waals surface area contributed by atoms with Crippen LogP contribution in [0.5, 0.6) is 5.75 Å². The van der Waals surface area contributed by atoms with E-state index in [0.717, 1.165) is 5.56 Å². The molecule has 1 aliphatic heterocycles. The smallest absolute Gasteiger partial charge is 0.337 e. The number of carboxylic acids is 1. The number of halogens is 1. The first kappa shape index (κ1) is 21.6. The third-order valence-corrected chi connectivity index (χ3v) is 6.49. The summed E-state index contributed by atoms with van der Waals surface area (Å²) in [4.78, 5) is 11.2. The molecule has 156 valence electrons. The van der Waals surface area contributed by atoms with Gasteiger partial charge in [-0.2, -0.15) is 0 Å². The van der Waals surface area contributed by atoms with Crippen molar-refractivity contribution >= 4 is 27.6 Å². The standard InChI is InChI=1S/C20H22ClNO6S/c1-20(2)10-13(11-22-29(26,27)15-6-4-14(21)5-7-15)16-8-3-12(9-17(16)28-20)18(23)19(24)25/h3-9,13,18,22-23H,10-11H2,1-2H3,(H,24,25). The zero-order valence-corrected chi connectivity index (χ0v) is 17.5. The van der Waals surface area contributed by atoms with Crippen molar-refractivity contribution in [3.8, 4) is 5.75 Å². The maximum Gasteiger partial charge on any atom is 0.337 e. The van der Waals surface area contributed by atoms with Gasteiger partial charge < -0.3 is 14.9 Å². The molecule has 0 spiro atoms. The van der Waals surface area contributed by atoms with E-state index in [4.69, 9.17) is 21.4 Å². The Morgan fingerprint density at radius 3 is 2.55 bits per heavy atom. The van der Waals surface area contributed by atoms with Crippen LogP contribution in [-0.2, 0) is 14.8 Å². The van der Waals surface area contributed by atoms with Crippen molar-refractivity contribution in [2.45, 2.75) is 42.8 Å². The molecule has 0 aliphatic carbocycles. The lowest BCUT2D eigenvalue weighted by molar-refractivity contribution is -0.146. The third-order valence-electron chi connectivity index (χ3n) is 4.80. The molecule has 7 nitrogen and oxygen atoms in total. The van der Waals surface area contributed by atoms with Gasteiger partial charge in [-0.25, -0.2) is 17.9 Å². The maximum absolute atomic E-state index is 12.6. The Balaban J connectivity index is 1.85. The fourth-order valence-corrected chi connectivity index (χ4v) is 4.63. The van der Waals surface area contributed by atoms with Crippen LogP contribution < -0.4 is 9.46 Å². The average molecular weight is 440 g/mol. The Morgan fingerprint density at radius 1 is 1.28 bits per heavy atom. The van der Waals surface area contributed by atoms with Crippen LogP contribution in [0.3, 0.4) is 0 Å². The molecule has 0 fully saturated rings. The predicted molar refractivity (Wildman–Crippen MR) is 108 cm³/mol. The van der Waals surface area contributed by atoms with Crippen molar-refractivity contribution < 1.29 is 28.2 Å². The molecular weight excluding hydrogens is 418 g/mol. The average Bonchev–Trinajstić information content (AvgIpc) is 2.64. The molecule has 0 amide bonds. The van der Waals surface area contributed by atoms with Crippen molar-refractivity contribution in [1.82, 2.24) is 4.72 Å². The number of ether oxygens (including phenoxy) is 1. The Labute approximate surface area is 174 Å². The van der Waals surface area contributed by atoms with Crippen LogP contribution in [0.1, 0.15) is 43.4 Å². The predicted octanol–water partition coefficient (Wildman–Crippen LogP) is 3.08. The number of aliphatic hydroxyl groups is 1. The fourth-order valence-electron chi connectivity index (χ4n) is 3.42. The molecule has 0 bridgehead atoms. The van der Waals surface area contributed by atoms with E-state index < -0.39 is 27.7 Å². The van der Waals surface area contributed by atoms with E-state index in [1.54, 1.807) is 6.07 Å². The summed E-state index contributed by atoms with van der Waals surface area (Å²) in [5.74, 6) is -1.10. The molecule has 29 heavy (non-hydrogen) atoms. The van der Waals surface area contributed by atoms with Crippen LogP contribution >= 0.6 is 11.6 Å². The van der Waals surface area contributed by atoms with Gasteiger partial charge in [0.2, 0.25) is 10.0 Å². The van der Waals surface area contributed by atoms with Crippen LogP contribution in [0.25, 0.3) is 0 Å². The number of carboxylic acid groups (broad SMARTS) is 1. The summed E-state index contributed by atoms with van der Waals surface area (Å²) in [6.45, 7) is 3.89. The van der Waals surface area contributed by atoms with Crippen LogP contribution in [0.4, 0.5) is 0 Å². The zero-order chi connectivity index (χ0) is 21.4. The number of hydrogen-bond donors (Lipinski definition) is 3. The fraction of sp³-hybridized carbons (Fsp3) is 0.350. The second kappa shape index (κ2) is 7.95. The van der Waals surface area contributed by atoms with Gasteiger partial charge in [0.1, 0.15) is 11.4 Å². The van der Waals surface area contributed by atoms with Crippen LogP contribution in [0.15, 0.2) is 47.4 Å². The number of rotatable bonds is 6. The van der Waals surface area contributed by atoms with Gasteiger partial charge in [-0.05, 0) is 61.7 Å². The van der Waals surface area contributed by atoms with Gasteiger partial charge in [-0.3, -0.25) is 0 Å². The van der Waals surface area contributed by atoms with E-state index in [9.17, 15) is 18.3 Å². The van der Waals surface area contributed by atoms with Crippen molar-refractivity contribution in [3.63, 3.8) is 0 Å². The number of carbonyl (C=O) groups is 1. The number of aliphatic hydroxyl groups excluding tert-OH is 1. The largest absolute Gasteiger partial charge is 0.488 e. The summed E-state index contributed by atoms with van der Waals surface area (Å²) >= 11 is 5.82. The summed E-state index contributed by atoms with van der Waals surface area (Å²) in [5.41, 5.74) is 0.370. The summed E-state index contributed by atoms with van der Waals surface area (Å²) < 4.78 is 33.8. The van der Waals surface area contributed by atoms with Gasteiger partial charge in [-0.1, -0.05) is 23.7 Å². The minimum Gasteiger partial charge on any atom is -0.488 e. The zero-order valence-electron chi connectivity index (χ0n) is 15.9. The molecule has 0 aromatic heterocycles. The van der Waals surface area contributed by atoms with Crippen LogP contribution in [-0.4, -0.2) is 36.7 Å². The van der Waals surface area contributed by atoms with E-state index in [2.05, 4.69) is 4.72 Å². The number of hydrogen-bond acceptors (Lipinski definition) is 5. The lowest BCUT2D eigenvalue weighted by Crippen LogP contribution is -2.39. The first-order valence-electron chi connectivity index (χ1n) is 8.97. The monoisotopic (exact) mass is 439 g/mol. The molecule has 2 aromatic carbocycles. The molecule has 1 aliphatic rings. The van der Waals surface area contributed by atoms with Gasteiger partial charge in [-0.15, -0.1) is 0 Å². The van der Waals surface area contributed by atoms with E-state index in [1.807, 2.05) is 13.8 Å². The van der Waals surface area contributed by atoms with E-state index in [0.29, 0.717) is 17.2 Å². The number of nitrogens with one attached hydrogen (secondary N) is 1. The second-order valence-corrected chi connectivity index (χ2v) is 9.81. The highest BCUT2D eigenvalue weighted by atomic mass is 35.5. The summed E-state index contributed by atoms with van der Waals surface area (Å²) in [5, 5.41) is 19.3. The summed E-state index contributed by atoms with van der Waals surface area (Å²) in [7, 11) is -3.72.